The highest BCUT2D eigenvalue weighted by Gasteiger charge is 2.35. The van der Waals surface area contributed by atoms with Crippen molar-refractivity contribution in [3.05, 3.63) is 51.7 Å². The number of benzene rings is 1. The van der Waals surface area contributed by atoms with Gasteiger partial charge in [0.05, 0.1) is 5.51 Å². The molecule has 23 heavy (non-hydrogen) atoms. The van der Waals surface area contributed by atoms with Gasteiger partial charge in [0.15, 0.2) is 0 Å². The summed E-state index contributed by atoms with van der Waals surface area (Å²) in [6, 6.07) is 3.61. The summed E-state index contributed by atoms with van der Waals surface area (Å²) in [5, 5.41) is 9.40. The summed E-state index contributed by atoms with van der Waals surface area (Å²) in [4.78, 5) is 30.2. The number of carboxylic acids is 1. The van der Waals surface area contributed by atoms with Crippen molar-refractivity contribution in [3.8, 4) is 0 Å². The molecule has 1 aliphatic heterocycles. The van der Waals surface area contributed by atoms with E-state index in [1.54, 1.807) is 23.8 Å². The Morgan fingerprint density at radius 3 is 2.96 bits per heavy atom. The van der Waals surface area contributed by atoms with E-state index in [9.17, 15) is 19.1 Å². The number of carboxylic acid groups (broad SMARTS) is 1. The predicted molar refractivity (Wildman–Crippen MR) is 82.5 cm³/mol. The number of carbonyl (C=O) groups is 2. The van der Waals surface area contributed by atoms with Crippen LogP contribution in [-0.4, -0.2) is 32.9 Å². The van der Waals surface area contributed by atoms with Crippen LogP contribution in [0.4, 0.5) is 4.39 Å². The number of nitrogens with zero attached hydrogens (tertiary/aromatic N) is 2. The van der Waals surface area contributed by atoms with Crippen LogP contribution in [0.1, 0.15) is 22.4 Å². The van der Waals surface area contributed by atoms with E-state index in [2.05, 4.69) is 4.98 Å². The Bertz CT molecular complexity index is 733. The quantitative estimate of drug-likeness (QED) is 0.931. The Kier molecular flexibility index (Phi) is 4.38. The van der Waals surface area contributed by atoms with Crippen molar-refractivity contribution in [2.45, 2.75) is 31.8 Å². The van der Waals surface area contributed by atoms with Gasteiger partial charge < -0.3 is 10.0 Å². The molecule has 0 saturated carbocycles. The van der Waals surface area contributed by atoms with E-state index >= 15 is 0 Å². The predicted octanol–water partition coefficient (Wildman–Crippen LogP) is 2.25. The lowest BCUT2D eigenvalue weighted by Crippen LogP contribution is -2.49. The van der Waals surface area contributed by atoms with Gasteiger partial charge in [-0.05, 0) is 23.6 Å². The third kappa shape index (κ3) is 3.24. The van der Waals surface area contributed by atoms with Crippen LogP contribution in [0.15, 0.2) is 29.9 Å². The summed E-state index contributed by atoms with van der Waals surface area (Å²) in [5.74, 6) is -1.75. The van der Waals surface area contributed by atoms with Gasteiger partial charge >= 0.3 is 5.97 Å². The van der Waals surface area contributed by atoms with Crippen molar-refractivity contribution in [3.63, 3.8) is 0 Å². The molecule has 1 amide bonds. The lowest BCUT2D eigenvalue weighted by atomic mass is 9.93. The Morgan fingerprint density at radius 1 is 1.43 bits per heavy atom. The molecular weight excluding hydrogens is 319 g/mol. The minimum atomic E-state index is -1.11. The van der Waals surface area contributed by atoms with Crippen molar-refractivity contribution < 1.29 is 19.1 Å². The molecule has 0 bridgehead atoms. The number of hydrogen-bond donors (Lipinski definition) is 1. The van der Waals surface area contributed by atoms with E-state index in [0.717, 1.165) is 4.88 Å². The standard InChI is InChI=1S/C16H15FN2O3S/c17-13-3-1-2-10-8-19(14(16(21)22)6-12(10)13)15(20)5-4-11-7-18-9-23-11/h1-3,7,9,14H,4-6,8H2,(H,21,22). The minimum Gasteiger partial charge on any atom is -0.480 e. The van der Waals surface area contributed by atoms with Gasteiger partial charge in [-0.2, -0.15) is 0 Å². The Morgan fingerprint density at radius 2 is 2.26 bits per heavy atom. The Balaban J connectivity index is 1.79. The Hall–Kier alpha value is -2.28. The van der Waals surface area contributed by atoms with Gasteiger partial charge in [0.2, 0.25) is 5.91 Å². The number of fused-ring (bicyclic) bond motifs is 1. The van der Waals surface area contributed by atoms with Gasteiger partial charge in [0.1, 0.15) is 11.9 Å². The molecule has 7 heteroatoms. The summed E-state index contributed by atoms with van der Waals surface area (Å²) in [7, 11) is 0. The van der Waals surface area contributed by atoms with Crippen molar-refractivity contribution in [1.82, 2.24) is 9.88 Å². The first-order valence-corrected chi connectivity index (χ1v) is 8.10. The highest BCUT2D eigenvalue weighted by Crippen LogP contribution is 2.26. The van der Waals surface area contributed by atoms with Crippen molar-refractivity contribution in [2.24, 2.45) is 0 Å². The van der Waals surface area contributed by atoms with E-state index in [-0.39, 0.29) is 25.3 Å². The fourth-order valence-electron chi connectivity index (χ4n) is 2.80. The number of halogens is 1. The van der Waals surface area contributed by atoms with Crippen molar-refractivity contribution in [2.75, 3.05) is 0 Å². The molecule has 2 aromatic rings. The molecule has 0 spiro atoms. The van der Waals surface area contributed by atoms with Crippen LogP contribution in [-0.2, 0) is 29.0 Å². The number of amides is 1. The number of carbonyl (C=O) groups excluding carboxylic acids is 1. The molecule has 0 fully saturated rings. The summed E-state index contributed by atoms with van der Waals surface area (Å²) < 4.78 is 13.9. The normalized spacial score (nSPS) is 16.9. The van der Waals surface area contributed by atoms with Gasteiger partial charge in [0, 0.05) is 30.5 Å². The van der Waals surface area contributed by atoms with E-state index in [4.69, 9.17) is 0 Å². The van der Waals surface area contributed by atoms with E-state index in [1.165, 1.54) is 22.3 Å². The summed E-state index contributed by atoms with van der Waals surface area (Å²) >= 11 is 1.46. The molecule has 0 radical (unpaired) electrons. The van der Waals surface area contributed by atoms with Crippen LogP contribution in [0, 0.1) is 5.82 Å². The molecule has 120 valence electrons. The number of rotatable bonds is 4. The van der Waals surface area contributed by atoms with E-state index < -0.39 is 17.8 Å². The zero-order chi connectivity index (χ0) is 16.4. The summed E-state index contributed by atoms with van der Waals surface area (Å²) in [6.45, 7) is 0.131. The van der Waals surface area contributed by atoms with Crippen LogP contribution in [0.2, 0.25) is 0 Å². The lowest BCUT2D eigenvalue weighted by Gasteiger charge is -2.34. The largest absolute Gasteiger partial charge is 0.480 e. The number of aromatic nitrogens is 1. The highest BCUT2D eigenvalue weighted by molar-refractivity contribution is 7.09. The second-order valence-electron chi connectivity index (χ2n) is 5.43. The SMILES string of the molecule is O=C(O)C1Cc2c(F)cccc2CN1C(=O)CCc1cncs1. The minimum absolute atomic E-state index is 0.00361. The highest BCUT2D eigenvalue weighted by atomic mass is 32.1. The van der Waals surface area contributed by atoms with Crippen molar-refractivity contribution in [1.29, 1.82) is 0 Å². The van der Waals surface area contributed by atoms with Gasteiger partial charge in [-0.25, -0.2) is 9.18 Å². The van der Waals surface area contributed by atoms with Gasteiger partial charge in [-0.15, -0.1) is 11.3 Å². The molecule has 1 atom stereocenters. The van der Waals surface area contributed by atoms with Crippen molar-refractivity contribution >= 4 is 23.2 Å². The van der Waals surface area contributed by atoms with Gasteiger partial charge in [0.25, 0.3) is 0 Å². The molecule has 1 aromatic heterocycles. The van der Waals surface area contributed by atoms with Crippen LogP contribution < -0.4 is 0 Å². The average molecular weight is 334 g/mol. The molecule has 3 rings (SSSR count). The molecule has 1 aromatic carbocycles. The van der Waals surface area contributed by atoms with Gasteiger partial charge in [-0.3, -0.25) is 9.78 Å². The fourth-order valence-corrected chi connectivity index (χ4v) is 3.40. The second-order valence-corrected chi connectivity index (χ2v) is 6.40. The maximum atomic E-state index is 13.9. The molecule has 1 aliphatic rings. The molecule has 0 saturated heterocycles. The number of thiazole rings is 1. The van der Waals surface area contributed by atoms with Crippen LogP contribution in [0.3, 0.4) is 0 Å². The van der Waals surface area contributed by atoms with Gasteiger partial charge in [-0.1, -0.05) is 12.1 Å². The maximum Gasteiger partial charge on any atom is 0.326 e. The smallest absolute Gasteiger partial charge is 0.326 e. The topological polar surface area (TPSA) is 70.5 Å². The average Bonchev–Trinajstić information content (AvgIpc) is 3.05. The number of hydrogen-bond acceptors (Lipinski definition) is 4. The first-order chi connectivity index (χ1) is 11.1. The third-order valence-electron chi connectivity index (χ3n) is 4.00. The molecule has 1 N–H and O–H groups in total. The monoisotopic (exact) mass is 334 g/mol. The first kappa shape index (κ1) is 15.6. The van der Waals surface area contributed by atoms with Crippen LogP contribution in [0.5, 0.6) is 0 Å². The fraction of sp³-hybridized carbons (Fsp3) is 0.312. The second kappa shape index (κ2) is 6.45. The van der Waals surface area contributed by atoms with Crippen LogP contribution >= 0.6 is 11.3 Å². The molecule has 0 aliphatic carbocycles. The molecule has 5 nitrogen and oxygen atoms in total. The molecule has 2 heterocycles. The Labute approximate surface area is 136 Å². The summed E-state index contributed by atoms with van der Waals surface area (Å²) in [5.41, 5.74) is 2.76. The third-order valence-corrected chi connectivity index (χ3v) is 4.84. The number of aryl methyl sites for hydroxylation is 1. The zero-order valence-corrected chi connectivity index (χ0v) is 13.1. The van der Waals surface area contributed by atoms with Crippen LogP contribution in [0.25, 0.3) is 0 Å². The summed E-state index contributed by atoms with van der Waals surface area (Å²) in [6.07, 6.45) is 2.45. The number of aliphatic carboxylic acids is 1. The zero-order valence-electron chi connectivity index (χ0n) is 12.2. The first-order valence-electron chi connectivity index (χ1n) is 7.22. The van der Waals surface area contributed by atoms with E-state index in [0.29, 0.717) is 17.5 Å². The van der Waals surface area contributed by atoms with E-state index in [1.807, 2.05) is 0 Å². The molecular formula is C16H15FN2O3S. The lowest BCUT2D eigenvalue weighted by molar-refractivity contribution is -0.151. The maximum absolute atomic E-state index is 13.9. The molecule has 1 unspecified atom stereocenters.